The smallest absolute Gasteiger partial charge is 0.165 e. The summed E-state index contributed by atoms with van der Waals surface area (Å²) in [6, 6.07) is 3.58. The molecule has 0 spiro atoms. The fraction of sp³-hybridized carbons (Fsp3) is 0.480. The lowest BCUT2D eigenvalue weighted by Crippen LogP contribution is -2.28. The van der Waals surface area contributed by atoms with Crippen LogP contribution in [0.2, 0.25) is 10.0 Å². The molecule has 0 amide bonds. The summed E-state index contributed by atoms with van der Waals surface area (Å²) < 4.78 is 21.2. The topological polar surface area (TPSA) is 114 Å². The molecule has 0 bridgehead atoms. The summed E-state index contributed by atoms with van der Waals surface area (Å²) in [6.45, 7) is 7.28. The van der Waals surface area contributed by atoms with Crippen molar-refractivity contribution in [3.8, 4) is 22.9 Å². The van der Waals surface area contributed by atoms with E-state index in [1.54, 1.807) is 18.3 Å². The van der Waals surface area contributed by atoms with Gasteiger partial charge in [0.25, 0.3) is 0 Å². The van der Waals surface area contributed by atoms with Crippen LogP contribution in [0.15, 0.2) is 18.3 Å². The number of benzene rings is 1. The summed E-state index contributed by atoms with van der Waals surface area (Å²) in [5.41, 5.74) is 6.94. The van der Waals surface area contributed by atoms with Crippen molar-refractivity contribution in [3.05, 3.63) is 28.4 Å². The highest BCUT2D eigenvalue weighted by molar-refractivity contribution is 6.41. The maximum absolute atomic E-state index is 6.58. The number of halogens is 2. The van der Waals surface area contributed by atoms with Crippen molar-refractivity contribution in [2.24, 2.45) is 0 Å². The number of nitrogens with two attached hydrogens (primary N) is 1. The summed E-state index contributed by atoms with van der Waals surface area (Å²) >= 11 is 13.2. The van der Waals surface area contributed by atoms with Crippen LogP contribution in [-0.4, -0.2) is 61.6 Å². The molecule has 0 unspecified atom stereocenters. The molecular formula is C25H33Cl2N5O4. The van der Waals surface area contributed by atoms with E-state index < -0.39 is 0 Å². The second-order valence-electron chi connectivity index (χ2n) is 8.03. The monoisotopic (exact) mass is 537 g/mol. The number of pyridine rings is 1. The number of aromatic nitrogens is 3. The summed E-state index contributed by atoms with van der Waals surface area (Å²) in [4.78, 5) is 13.6. The van der Waals surface area contributed by atoms with E-state index in [0.29, 0.717) is 63.3 Å². The number of nitrogen functional groups attached to an aromatic ring is 1. The highest BCUT2D eigenvalue weighted by atomic mass is 35.5. The van der Waals surface area contributed by atoms with Crippen LogP contribution in [0.5, 0.6) is 11.5 Å². The molecule has 4 rings (SSSR count). The van der Waals surface area contributed by atoms with E-state index in [-0.39, 0.29) is 6.04 Å². The molecule has 1 aromatic carbocycles. The molecule has 3 heterocycles. The van der Waals surface area contributed by atoms with Crippen molar-refractivity contribution in [1.82, 2.24) is 15.0 Å². The lowest BCUT2D eigenvalue weighted by molar-refractivity contribution is 0.0904. The molecule has 0 aliphatic carbocycles. The Kier molecular flexibility index (Phi) is 10.6. The molecule has 0 atom stereocenters. The first-order chi connectivity index (χ1) is 17.4. The van der Waals surface area contributed by atoms with E-state index in [4.69, 9.17) is 52.9 Å². The highest BCUT2D eigenvalue weighted by Gasteiger charge is 2.23. The molecule has 0 saturated carbocycles. The van der Waals surface area contributed by atoms with Gasteiger partial charge in [-0.25, -0.2) is 15.0 Å². The maximum atomic E-state index is 6.58. The van der Waals surface area contributed by atoms with Crippen molar-refractivity contribution in [2.45, 2.75) is 39.2 Å². The zero-order chi connectivity index (χ0) is 26.1. The van der Waals surface area contributed by atoms with Crippen LogP contribution in [0.3, 0.4) is 0 Å². The Morgan fingerprint density at radius 3 is 2.28 bits per heavy atom. The van der Waals surface area contributed by atoms with Crippen molar-refractivity contribution in [2.75, 3.05) is 51.7 Å². The van der Waals surface area contributed by atoms with E-state index >= 15 is 0 Å². The molecule has 1 saturated heterocycles. The fourth-order valence-corrected chi connectivity index (χ4v) is 4.35. The molecule has 2 aromatic heterocycles. The van der Waals surface area contributed by atoms with Crippen molar-refractivity contribution < 1.29 is 18.9 Å². The molecule has 1 aliphatic rings. The normalized spacial score (nSPS) is 13.7. The summed E-state index contributed by atoms with van der Waals surface area (Å²) in [7, 11) is 3.04. The average molecular weight is 538 g/mol. The Hall–Kier alpha value is -2.59. The second kappa shape index (κ2) is 13.6. The number of nitrogens with one attached hydrogen (secondary N) is 1. The molecule has 1 fully saturated rings. The van der Waals surface area contributed by atoms with Gasteiger partial charge in [0.15, 0.2) is 5.82 Å². The van der Waals surface area contributed by atoms with Gasteiger partial charge in [-0.3, -0.25) is 0 Å². The van der Waals surface area contributed by atoms with Gasteiger partial charge in [0.05, 0.1) is 41.5 Å². The fourth-order valence-electron chi connectivity index (χ4n) is 3.68. The molecule has 3 aromatic rings. The molecular weight excluding hydrogens is 505 g/mol. The quantitative estimate of drug-likeness (QED) is 0.353. The molecule has 11 heteroatoms. The Morgan fingerprint density at radius 2 is 1.72 bits per heavy atom. The predicted octanol–water partition coefficient (Wildman–Crippen LogP) is 5.62. The standard InChI is InChI=1S/C20H21Cl2N5O3.C5H12O/c1-28-13-8-14(29-2)18(22)16(17(13)21)20-26-12-9-24-15(23)7-11(12)19(27-20)25-10-3-5-30-6-4-10;1-3-5-6-4-2/h7-10H,3-6H2,1-2H3,(H2,23,24)(H,25,26,27);3-5H2,1-2H3. The Bertz CT molecular complexity index is 1130. The number of methoxy groups -OCH3 is 2. The van der Waals surface area contributed by atoms with E-state index in [2.05, 4.69) is 22.2 Å². The Labute approximate surface area is 221 Å². The number of hydrogen-bond acceptors (Lipinski definition) is 9. The van der Waals surface area contributed by atoms with Crippen LogP contribution in [0.25, 0.3) is 22.3 Å². The van der Waals surface area contributed by atoms with Crippen LogP contribution in [-0.2, 0) is 9.47 Å². The zero-order valence-corrected chi connectivity index (χ0v) is 22.6. The predicted molar refractivity (Wildman–Crippen MR) is 145 cm³/mol. The molecule has 1 aliphatic heterocycles. The summed E-state index contributed by atoms with van der Waals surface area (Å²) in [6.07, 6.45) is 4.48. The second-order valence-corrected chi connectivity index (χ2v) is 8.79. The average Bonchev–Trinajstić information content (AvgIpc) is 2.89. The molecule has 9 nitrogen and oxygen atoms in total. The van der Waals surface area contributed by atoms with Crippen LogP contribution < -0.4 is 20.5 Å². The van der Waals surface area contributed by atoms with Gasteiger partial charge in [0.1, 0.15) is 23.1 Å². The molecule has 196 valence electrons. The highest BCUT2D eigenvalue weighted by Crippen LogP contribution is 2.45. The minimum Gasteiger partial charge on any atom is -0.495 e. The van der Waals surface area contributed by atoms with E-state index in [1.165, 1.54) is 14.2 Å². The molecule has 3 N–H and O–H groups in total. The van der Waals surface area contributed by atoms with Crippen LogP contribution in [0.1, 0.15) is 33.1 Å². The minimum atomic E-state index is 0.213. The van der Waals surface area contributed by atoms with Crippen molar-refractivity contribution >= 4 is 45.7 Å². The lowest BCUT2D eigenvalue weighted by atomic mass is 10.1. The van der Waals surface area contributed by atoms with Gasteiger partial charge >= 0.3 is 0 Å². The number of hydrogen-bond donors (Lipinski definition) is 2. The van der Waals surface area contributed by atoms with Crippen LogP contribution in [0.4, 0.5) is 11.6 Å². The SMILES string of the molecule is CCCOCC.COc1cc(OC)c(Cl)c(-c2nc(NC3CCOCC3)c3cc(N)ncc3n2)c1Cl. The van der Waals surface area contributed by atoms with E-state index in [9.17, 15) is 0 Å². The number of fused-ring (bicyclic) bond motifs is 1. The van der Waals surface area contributed by atoms with Crippen molar-refractivity contribution in [1.29, 1.82) is 0 Å². The van der Waals surface area contributed by atoms with Crippen LogP contribution in [0, 0.1) is 0 Å². The third-order valence-corrected chi connectivity index (χ3v) is 6.27. The molecule has 0 radical (unpaired) electrons. The van der Waals surface area contributed by atoms with Gasteiger partial charge in [0.2, 0.25) is 0 Å². The zero-order valence-electron chi connectivity index (χ0n) is 21.1. The van der Waals surface area contributed by atoms with Gasteiger partial charge in [-0.2, -0.15) is 0 Å². The number of rotatable bonds is 8. The first kappa shape index (κ1) is 28.0. The lowest BCUT2D eigenvalue weighted by Gasteiger charge is -2.24. The third kappa shape index (κ3) is 6.79. The number of ether oxygens (including phenoxy) is 4. The number of anilines is 2. The van der Waals surface area contributed by atoms with Gasteiger partial charge in [0, 0.05) is 43.9 Å². The van der Waals surface area contributed by atoms with Gasteiger partial charge in [-0.1, -0.05) is 30.1 Å². The number of nitrogens with zero attached hydrogens (tertiary/aromatic N) is 3. The van der Waals surface area contributed by atoms with E-state index in [0.717, 1.165) is 37.9 Å². The largest absolute Gasteiger partial charge is 0.495 e. The van der Waals surface area contributed by atoms with Gasteiger partial charge in [-0.15, -0.1) is 0 Å². The van der Waals surface area contributed by atoms with Crippen LogP contribution >= 0.6 is 23.2 Å². The first-order valence-electron chi connectivity index (χ1n) is 11.9. The third-order valence-electron chi connectivity index (χ3n) is 5.52. The van der Waals surface area contributed by atoms with Gasteiger partial charge in [-0.05, 0) is 32.3 Å². The maximum Gasteiger partial charge on any atom is 0.165 e. The minimum absolute atomic E-state index is 0.213. The Morgan fingerprint density at radius 1 is 1.06 bits per heavy atom. The van der Waals surface area contributed by atoms with E-state index in [1.807, 2.05) is 6.92 Å². The Balaban J connectivity index is 0.000000538. The first-order valence-corrected chi connectivity index (χ1v) is 12.6. The molecule has 36 heavy (non-hydrogen) atoms. The van der Waals surface area contributed by atoms with Gasteiger partial charge < -0.3 is 30.0 Å². The summed E-state index contributed by atoms with van der Waals surface area (Å²) in [5, 5.41) is 4.85. The summed E-state index contributed by atoms with van der Waals surface area (Å²) in [5.74, 6) is 2.16. The van der Waals surface area contributed by atoms with Crippen molar-refractivity contribution in [3.63, 3.8) is 0 Å².